The number of carbonyl (C=O) groups is 1. The first kappa shape index (κ1) is 12.9. The number of esters is 1. The minimum atomic E-state index is -1.77. The summed E-state index contributed by atoms with van der Waals surface area (Å²) >= 11 is 0. The minimum absolute atomic E-state index is 0.340. The molecule has 1 aromatic rings. The maximum absolute atomic E-state index is 13.4. The quantitative estimate of drug-likeness (QED) is 0.759. The monoisotopic (exact) mass is 256 g/mol. The van der Waals surface area contributed by atoms with Crippen molar-refractivity contribution < 1.29 is 28.9 Å². The van der Waals surface area contributed by atoms with Crippen molar-refractivity contribution >= 4 is 5.97 Å². The number of ether oxygens (including phenoxy) is 2. The molecule has 1 saturated heterocycles. The summed E-state index contributed by atoms with van der Waals surface area (Å²) in [5.74, 6) is -0.609. The van der Waals surface area contributed by atoms with Gasteiger partial charge in [0.05, 0.1) is 5.56 Å². The maximum Gasteiger partial charge on any atom is 0.338 e. The van der Waals surface area contributed by atoms with E-state index in [1.165, 1.54) is 0 Å². The summed E-state index contributed by atoms with van der Waals surface area (Å²) in [7, 11) is 0. The van der Waals surface area contributed by atoms with Crippen molar-refractivity contribution in [2.75, 3.05) is 6.61 Å². The lowest BCUT2D eigenvalue weighted by molar-refractivity contribution is -0.133. The third-order valence-corrected chi connectivity index (χ3v) is 2.68. The third-order valence-electron chi connectivity index (χ3n) is 2.68. The molecular formula is C12H13FO5. The molecule has 98 valence electrons. The molecule has 0 aromatic heterocycles. The van der Waals surface area contributed by atoms with Crippen LogP contribution in [-0.4, -0.2) is 47.5 Å². The van der Waals surface area contributed by atoms with Crippen molar-refractivity contribution in [2.45, 2.75) is 24.7 Å². The van der Waals surface area contributed by atoms with Gasteiger partial charge in [-0.1, -0.05) is 18.2 Å². The Morgan fingerprint density at radius 1 is 1.33 bits per heavy atom. The van der Waals surface area contributed by atoms with E-state index < -0.39 is 30.6 Å². The fraction of sp³-hybridized carbons (Fsp3) is 0.417. The zero-order valence-corrected chi connectivity index (χ0v) is 9.40. The normalized spacial score (nSPS) is 31.3. The Kier molecular flexibility index (Phi) is 3.90. The Morgan fingerprint density at radius 3 is 2.56 bits per heavy atom. The van der Waals surface area contributed by atoms with E-state index in [9.17, 15) is 9.18 Å². The van der Waals surface area contributed by atoms with Gasteiger partial charge in [-0.15, -0.1) is 0 Å². The molecule has 1 aromatic carbocycles. The fourth-order valence-electron chi connectivity index (χ4n) is 1.66. The zero-order chi connectivity index (χ0) is 13.1. The molecule has 5 nitrogen and oxygen atoms in total. The van der Waals surface area contributed by atoms with E-state index in [4.69, 9.17) is 19.7 Å². The second kappa shape index (κ2) is 5.43. The second-order valence-corrected chi connectivity index (χ2v) is 3.96. The summed E-state index contributed by atoms with van der Waals surface area (Å²) in [5.41, 5.74) is 0.340. The number of hydrogen-bond acceptors (Lipinski definition) is 5. The van der Waals surface area contributed by atoms with Crippen LogP contribution in [-0.2, 0) is 9.47 Å². The van der Waals surface area contributed by atoms with Gasteiger partial charge in [0.25, 0.3) is 0 Å². The molecule has 2 N–H and O–H groups in total. The summed E-state index contributed by atoms with van der Waals surface area (Å²) in [4.78, 5) is 11.5. The lowest BCUT2D eigenvalue weighted by Crippen LogP contribution is -2.31. The van der Waals surface area contributed by atoms with Crippen molar-refractivity contribution in [3.63, 3.8) is 0 Å². The van der Waals surface area contributed by atoms with Gasteiger partial charge >= 0.3 is 5.97 Å². The topological polar surface area (TPSA) is 76.0 Å². The molecule has 2 rings (SSSR count). The highest BCUT2D eigenvalue weighted by Crippen LogP contribution is 2.22. The number of hydrogen-bond donors (Lipinski definition) is 2. The molecule has 1 unspecified atom stereocenters. The van der Waals surface area contributed by atoms with Crippen LogP contribution in [0.5, 0.6) is 0 Å². The van der Waals surface area contributed by atoms with Gasteiger partial charge in [0.1, 0.15) is 18.8 Å². The van der Waals surface area contributed by atoms with Crippen LogP contribution in [0, 0.1) is 0 Å². The highest BCUT2D eigenvalue weighted by molar-refractivity contribution is 5.89. The summed E-state index contributed by atoms with van der Waals surface area (Å²) in [5, 5.41) is 18.2. The molecule has 0 amide bonds. The molecule has 6 heteroatoms. The predicted octanol–water partition coefficient (Wildman–Crippen LogP) is 0.260. The minimum Gasteiger partial charge on any atom is -0.459 e. The van der Waals surface area contributed by atoms with Gasteiger partial charge in [0.2, 0.25) is 0 Å². The van der Waals surface area contributed by atoms with E-state index >= 15 is 0 Å². The Balaban J connectivity index is 1.88. The van der Waals surface area contributed by atoms with Gasteiger partial charge in [-0.2, -0.15) is 0 Å². The SMILES string of the molecule is O=C(OCC1O[C@H](O)[C@H](O)[C@@H]1F)c1ccccc1. The summed E-state index contributed by atoms with van der Waals surface area (Å²) < 4.78 is 22.9. The van der Waals surface area contributed by atoms with Gasteiger partial charge < -0.3 is 19.7 Å². The molecule has 18 heavy (non-hydrogen) atoms. The number of alkyl halides is 1. The van der Waals surface area contributed by atoms with Gasteiger partial charge in [-0.25, -0.2) is 9.18 Å². The Hall–Kier alpha value is -1.50. The van der Waals surface area contributed by atoms with Crippen LogP contribution < -0.4 is 0 Å². The largest absolute Gasteiger partial charge is 0.459 e. The molecule has 0 radical (unpaired) electrons. The van der Waals surface area contributed by atoms with Crippen LogP contribution in [0.2, 0.25) is 0 Å². The Morgan fingerprint density at radius 2 is 2.00 bits per heavy atom. The molecule has 1 fully saturated rings. The van der Waals surface area contributed by atoms with Crippen LogP contribution in [0.4, 0.5) is 4.39 Å². The molecule has 0 aliphatic carbocycles. The first-order chi connectivity index (χ1) is 8.59. The van der Waals surface area contributed by atoms with Crippen molar-refractivity contribution in [3.05, 3.63) is 35.9 Å². The lowest BCUT2D eigenvalue weighted by Gasteiger charge is -2.12. The number of halogens is 1. The standard InChI is InChI=1S/C12H13FO5/c13-9-8(18-12(16)10(9)14)6-17-11(15)7-4-2-1-3-5-7/h1-5,8-10,12,14,16H,6H2/t8?,9-,10-,12+/m1/s1. The number of aliphatic hydroxyl groups excluding tert-OH is 2. The van der Waals surface area contributed by atoms with E-state index in [0.717, 1.165) is 0 Å². The Labute approximate surface area is 103 Å². The van der Waals surface area contributed by atoms with E-state index in [0.29, 0.717) is 5.56 Å². The molecular weight excluding hydrogens is 243 g/mol. The average Bonchev–Trinajstić information content (AvgIpc) is 2.64. The lowest BCUT2D eigenvalue weighted by atomic mass is 10.2. The van der Waals surface area contributed by atoms with Crippen LogP contribution in [0.1, 0.15) is 10.4 Å². The van der Waals surface area contributed by atoms with Gasteiger partial charge in [0, 0.05) is 0 Å². The number of aliphatic hydroxyl groups is 2. The highest BCUT2D eigenvalue weighted by atomic mass is 19.1. The van der Waals surface area contributed by atoms with Crippen LogP contribution in [0.25, 0.3) is 0 Å². The summed E-state index contributed by atoms with van der Waals surface area (Å²) in [6.07, 6.45) is -6.11. The Bertz CT molecular complexity index is 410. The van der Waals surface area contributed by atoms with Crippen LogP contribution in [0.3, 0.4) is 0 Å². The average molecular weight is 256 g/mol. The number of carbonyl (C=O) groups excluding carboxylic acids is 1. The second-order valence-electron chi connectivity index (χ2n) is 3.96. The van der Waals surface area contributed by atoms with E-state index in [1.807, 2.05) is 0 Å². The first-order valence-electron chi connectivity index (χ1n) is 5.47. The molecule has 1 heterocycles. The number of benzene rings is 1. The van der Waals surface area contributed by atoms with Crippen molar-refractivity contribution in [3.8, 4) is 0 Å². The van der Waals surface area contributed by atoms with Gasteiger partial charge in [-0.05, 0) is 12.1 Å². The molecule has 0 saturated carbocycles. The van der Waals surface area contributed by atoms with Gasteiger partial charge in [0.15, 0.2) is 12.5 Å². The van der Waals surface area contributed by atoms with Crippen molar-refractivity contribution in [1.82, 2.24) is 0 Å². The smallest absolute Gasteiger partial charge is 0.338 e. The van der Waals surface area contributed by atoms with Crippen molar-refractivity contribution in [2.24, 2.45) is 0 Å². The summed E-state index contributed by atoms with van der Waals surface area (Å²) in [6, 6.07) is 8.23. The maximum atomic E-state index is 13.4. The molecule has 0 bridgehead atoms. The molecule has 1 aliphatic rings. The predicted molar refractivity (Wildman–Crippen MR) is 58.5 cm³/mol. The first-order valence-corrected chi connectivity index (χ1v) is 5.47. The van der Waals surface area contributed by atoms with E-state index in [2.05, 4.69) is 0 Å². The van der Waals surface area contributed by atoms with Crippen LogP contribution >= 0.6 is 0 Å². The highest BCUT2D eigenvalue weighted by Gasteiger charge is 2.43. The molecule has 0 spiro atoms. The summed E-state index contributed by atoms with van der Waals surface area (Å²) in [6.45, 7) is -0.358. The molecule has 4 atom stereocenters. The zero-order valence-electron chi connectivity index (χ0n) is 9.40. The van der Waals surface area contributed by atoms with Gasteiger partial charge in [-0.3, -0.25) is 0 Å². The third kappa shape index (κ3) is 2.66. The number of rotatable bonds is 3. The van der Waals surface area contributed by atoms with Crippen molar-refractivity contribution in [1.29, 1.82) is 0 Å². The van der Waals surface area contributed by atoms with Crippen LogP contribution in [0.15, 0.2) is 30.3 Å². The van der Waals surface area contributed by atoms with E-state index in [-0.39, 0.29) is 6.61 Å². The van der Waals surface area contributed by atoms with E-state index in [1.54, 1.807) is 30.3 Å². The fourth-order valence-corrected chi connectivity index (χ4v) is 1.66. The molecule has 1 aliphatic heterocycles.